The van der Waals surface area contributed by atoms with Crippen LogP contribution in [-0.2, 0) is 16.0 Å². The van der Waals surface area contributed by atoms with Gasteiger partial charge in [-0.3, -0.25) is 9.78 Å². The van der Waals surface area contributed by atoms with Crippen molar-refractivity contribution in [1.82, 2.24) is 4.98 Å². The van der Waals surface area contributed by atoms with Crippen molar-refractivity contribution in [2.24, 2.45) is 0 Å². The SMILES string of the molecule is CCOC(=O)CC1CCCc2cc(Oc3ccc(Cl)cc3Cl)cnc21. The predicted molar refractivity (Wildman–Crippen MR) is 97.7 cm³/mol. The van der Waals surface area contributed by atoms with Crippen LogP contribution in [-0.4, -0.2) is 17.6 Å². The van der Waals surface area contributed by atoms with Gasteiger partial charge in [0.1, 0.15) is 11.5 Å². The van der Waals surface area contributed by atoms with Gasteiger partial charge >= 0.3 is 5.97 Å². The first kappa shape index (κ1) is 18.0. The minimum Gasteiger partial charge on any atom is -0.466 e. The van der Waals surface area contributed by atoms with Crippen LogP contribution in [0.15, 0.2) is 30.5 Å². The van der Waals surface area contributed by atoms with Gasteiger partial charge in [-0.05, 0) is 56.0 Å². The van der Waals surface area contributed by atoms with E-state index in [1.165, 1.54) is 0 Å². The molecule has 0 aliphatic heterocycles. The Morgan fingerprint density at radius 2 is 2.16 bits per heavy atom. The monoisotopic (exact) mass is 379 g/mol. The molecule has 0 spiro atoms. The van der Waals surface area contributed by atoms with Gasteiger partial charge in [-0.25, -0.2) is 0 Å². The minimum absolute atomic E-state index is 0.107. The zero-order valence-electron chi connectivity index (χ0n) is 13.9. The molecule has 3 rings (SSSR count). The third-order valence-electron chi connectivity index (χ3n) is 4.20. The normalized spacial score (nSPS) is 16.2. The molecule has 0 saturated carbocycles. The molecule has 0 radical (unpaired) electrons. The van der Waals surface area contributed by atoms with Gasteiger partial charge in [-0.1, -0.05) is 23.2 Å². The fourth-order valence-corrected chi connectivity index (χ4v) is 3.55. The lowest BCUT2D eigenvalue weighted by Crippen LogP contribution is -2.17. The van der Waals surface area contributed by atoms with Crippen LogP contribution in [0.2, 0.25) is 10.0 Å². The van der Waals surface area contributed by atoms with Crippen LogP contribution < -0.4 is 4.74 Å². The molecule has 25 heavy (non-hydrogen) atoms. The summed E-state index contributed by atoms with van der Waals surface area (Å²) in [5.41, 5.74) is 2.08. The molecular formula is C19H19Cl2NO3. The summed E-state index contributed by atoms with van der Waals surface area (Å²) in [6.07, 6.45) is 4.93. The van der Waals surface area contributed by atoms with Crippen molar-refractivity contribution in [3.63, 3.8) is 0 Å². The Balaban J connectivity index is 1.78. The van der Waals surface area contributed by atoms with Gasteiger partial charge in [0, 0.05) is 16.6 Å². The molecule has 1 atom stereocenters. The summed E-state index contributed by atoms with van der Waals surface area (Å²) in [7, 11) is 0. The Bertz CT molecular complexity index is 779. The fraction of sp³-hybridized carbons (Fsp3) is 0.368. The number of carbonyl (C=O) groups is 1. The highest BCUT2D eigenvalue weighted by atomic mass is 35.5. The molecule has 1 heterocycles. The Labute approximate surface area is 157 Å². The number of hydrogen-bond acceptors (Lipinski definition) is 4. The number of esters is 1. The van der Waals surface area contributed by atoms with E-state index in [0.29, 0.717) is 34.6 Å². The topological polar surface area (TPSA) is 48.4 Å². The van der Waals surface area contributed by atoms with Gasteiger partial charge in [0.05, 0.1) is 24.2 Å². The smallest absolute Gasteiger partial charge is 0.306 e. The maximum absolute atomic E-state index is 11.8. The Hall–Kier alpha value is -1.78. The summed E-state index contributed by atoms with van der Waals surface area (Å²) in [4.78, 5) is 16.3. The number of benzene rings is 1. The Morgan fingerprint density at radius 3 is 2.92 bits per heavy atom. The van der Waals surface area contributed by atoms with Crippen molar-refractivity contribution >= 4 is 29.2 Å². The van der Waals surface area contributed by atoms with E-state index in [1.54, 1.807) is 24.4 Å². The molecule has 0 fully saturated rings. The van der Waals surface area contributed by atoms with Crippen LogP contribution in [0.5, 0.6) is 11.5 Å². The van der Waals surface area contributed by atoms with Crippen LogP contribution in [0.25, 0.3) is 0 Å². The standard InChI is InChI=1S/C19H19Cl2NO3/c1-2-24-18(23)9-13-5-3-4-12-8-15(11-22-19(12)13)25-17-7-6-14(20)10-16(17)21/h6-8,10-11,13H,2-5,9H2,1H3. The lowest BCUT2D eigenvalue weighted by atomic mass is 9.84. The second-order valence-electron chi connectivity index (χ2n) is 5.99. The second-order valence-corrected chi connectivity index (χ2v) is 6.83. The molecule has 0 N–H and O–H groups in total. The van der Waals surface area contributed by atoms with Crippen molar-refractivity contribution in [3.05, 3.63) is 51.8 Å². The largest absolute Gasteiger partial charge is 0.466 e. The number of aromatic nitrogens is 1. The summed E-state index contributed by atoms with van der Waals surface area (Å²) < 4.78 is 10.9. The number of nitrogens with zero attached hydrogens (tertiary/aromatic N) is 1. The van der Waals surface area contributed by atoms with Gasteiger partial charge in [-0.2, -0.15) is 0 Å². The summed E-state index contributed by atoms with van der Waals surface area (Å²) in [5, 5.41) is 1.01. The number of hydrogen-bond donors (Lipinski definition) is 0. The van der Waals surface area contributed by atoms with E-state index >= 15 is 0 Å². The van der Waals surface area contributed by atoms with Gasteiger partial charge in [0.15, 0.2) is 0 Å². The van der Waals surface area contributed by atoms with Crippen molar-refractivity contribution in [3.8, 4) is 11.5 Å². The van der Waals surface area contributed by atoms with E-state index < -0.39 is 0 Å². The maximum Gasteiger partial charge on any atom is 0.306 e. The highest BCUT2D eigenvalue weighted by Crippen LogP contribution is 2.36. The number of halogens is 2. The number of pyridine rings is 1. The van der Waals surface area contributed by atoms with E-state index in [-0.39, 0.29) is 11.9 Å². The minimum atomic E-state index is -0.171. The average Bonchev–Trinajstić information content (AvgIpc) is 2.58. The predicted octanol–water partition coefficient (Wildman–Crippen LogP) is 5.55. The van der Waals surface area contributed by atoms with Crippen LogP contribution in [0.4, 0.5) is 0 Å². The molecule has 6 heteroatoms. The number of rotatable bonds is 5. The quantitative estimate of drug-likeness (QED) is 0.638. The van der Waals surface area contributed by atoms with Gasteiger partial charge in [-0.15, -0.1) is 0 Å². The van der Waals surface area contributed by atoms with Crippen molar-refractivity contribution < 1.29 is 14.3 Å². The van der Waals surface area contributed by atoms with E-state index in [0.717, 1.165) is 30.5 Å². The molecule has 1 aliphatic carbocycles. The van der Waals surface area contributed by atoms with Gasteiger partial charge in [0.25, 0.3) is 0 Å². The van der Waals surface area contributed by atoms with Crippen LogP contribution >= 0.6 is 23.2 Å². The summed E-state index contributed by atoms with van der Waals surface area (Å²) in [5.74, 6) is 1.10. The van der Waals surface area contributed by atoms with E-state index in [9.17, 15) is 4.79 Å². The zero-order chi connectivity index (χ0) is 17.8. The molecule has 0 amide bonds. The highest BCUT2D eigenvalue weighted by Gasteiger charge is 2.25. The molecule has 0 bridgehead atoms. The van der Waals surface area contributed by atoms with Crippen LogP contribution in [0, 0.1) is 0 Å². The molecule has 1 aliphatic rings. The third-order valence-corrected chi connectivity index (χ3v) is 4.73. The number of fused-ring (bicyclic) bond motifs is 1. The lowest BCUT2D eigenvalue weighted by Gasteiger charge is -2.24. The number of ether oxygens (including phenoxy) is 2. The molecule has 0 saturated heterocycles. The Morgan fingerprint density at radius 1 is 1.32 bits per heavy atom. The van der Waals surface area contributed by atoms with Crippen LogP contribution in [0.1, 0.15) is 43.4 Å². The fourth-order valence-electron chi connectivity index (χ4n) is 3.10. The second kappa shape index (κ2) is 8.07. The van der Waals surface area contributed by atoms with E-state index in [2.05, 4.69) is 4.98 Å². The maximum atomic E-state index is 11.8. The van der Waals surface area contributed by atoms with E-state index in [1.807, 2.05) is 13.0 Å². The number of aryl methyl sites for hydroxylation is 1. The molecule has 1 aromatic heterocycles. The summed E-state index contributed by atoms with van der Waals surface area (Å²) in [6, 6.07) is 7.07. The first-order valence-corrected chi connectivity index (χ1v) is 9.09. The summed E-state index contributed by atoms with van der Waals surface area (Å²) >= 11 is 12.1. The molecule has 4 nitrogen and oxygen atoms in total. The van der Waals surface area contributed by atoms with Gasteiger partial charge in [0.2, 0.25) is 0 Å². The highest BCUT2D eigenvalue weighted by molar-refractivity contribution is 6.35. The summed E-state index contributed by atoms with van der Waals surface area (Å²) in [6.45, 7) is 2.22. The molecule has 2 aromatic rings. The zero-order valence-corrected chi connectivity index (χ0v) is 15.4. The average molecular weight is 380 g/mol. The van der Waals surface area contributed by atoms with E-state index in [4.69, 9.17) is 32.7 Å². The van der Waals surface area contributed by atoms with Crippen molar-refractivity contribution in [1.29, 1.82) is 0 Å². The Kier molecular flexibility index (Phi) is 5.82. The van der Waals surface area contributed by atoms with Crippen LogP contribution in [0.3, 0.4) is 0 Å². The first-order valence-electron chi connectivity index (χ1n) is 8.34. The van der Waals surface area contributed by atoms with Gasteiger partial charge < -0.3 is 9.47 Å². The molecular weight excluding hydrogens is 361 g/mol. The lowest BCUT2D eigenvalue weighted by molar-refractivity contribution is -0.143. The van der Waals surface area contributed by atoms with Crippen molar-refractivity contribution in [2.45, 2.75) is 38.5 Å². The molecule has 1 aromatic carbocycles. The molecule has 1 unspecified atom stereocenters. The molecule has 132 valence electrons. The third kappa shape index (κ3) is 4.44. The first-order chi connectivity index (χ1) is 12.1. The van der Waals surface area contributed by atoms with Crippen molar-refractivity contribution in [2.75, 3.05) is 6.61 Å². The number of carbonyl (C=O) groups excluding carboxylic acids is 1.